The van der Waals surface area contributed by atoms with Gasteiger partial charge >= 0.3 is 5.97 Å². The van der Waals surface area contributed by atoms with Crippen molar-refractivity contribution in [2.24, 2.45) is 0 Å². The number of halogens is 2. The van der Waals surface area contributed by atoms with Crippen molar-refractivity contribution in [3.05, 3.63) is 63.1 Å². The number of methoxy groups -OCH3 is 1. The molecule has 7 heteroatoms. The van der Waals surface area contributed by atoms with Crippen molar-refractivity contribution in [2.75, 3.05) is 13.7 Å². The molecule has 0 fully saturated rings. The molecule has 2 rings (SSSR count). The third-order valence-electron chi connectivity index (χ3n) is 3.94. The fourth-order valence-electron chi connectivity index (χ4n) is 2.61. The lowest BCUT2D eigenvalue weighted by Gasteiger charge is -2.16. The Kier molecular flexibility index (Phi) is 7.51. The van der Waals surface area contributed by atoms with Gasteiger partial charge in [0, 0.05) is 15.6 Å². The van der Waals surface area contributed by atoms with E-state index in [9.17, 15) is 9.59 Å². The third kappa shape index (κ3) is 6.15. The summed E-state index contributed by atoms with van der Waals surface area (Å²) in [5, 5.41) is 3.71. The van der Waals surface area contributed by atoms with E-state index in [0.717, 1.165) is 11.1 Å². The molecule has 1 amide bonds. The minimum absolute atomic E-state index is 0.0245. The maximum absolute atomic E-state index is 12.1. The molecule has 1 N–H and O–H groups in total. The second kappa shape index (κ2) is 9.62. The second-order valence-electron chi connectivity index (χ2n) is 6.11. The van der Waals surface area contributed by atoms with Crippen LogP contribution in [0.3, 0.4) is 0 Å². The first kappa shape index (κ1) is 21.1. The molecule has 144 valence electrons. The fraction of sp³-hybridized carbons (Fsp3) is 0.300. The van der Waals surface area contributed by atoms with E-state index in [0.29, 0.717) is 21.4 Å². The van der Waals surface area contributed by atoms with Crippen LogP contribution in [0.15, 0.2) is 36.4 Å². The molecule has 0 aromatic heterocycles. The summed E-state index contributed by atoms with van der Waals surface area (Å²) < 4.78 is 10.3. The number of ether oxygens (including phenoxy) is 2. The predicted octanol–water partition coefficient (Wildman–Crippen LogP) is 4.27. The standard InChI is InChI=1S/C20H21Cl2NO4/c1-12-4-7-18(26-3)14(8-12)9-20(25)27-11-19(24)23-13(2)16-6-5-15(21)10-17(16)22/h4-8,10,13H,9,11H2,1-3H3,(H,23,24)/t13-/m0/s1. The van der Waals surface area contributed by atoms with E-state index in [4.69, 9.17) is 32.7 Å². The SMILES string of the molecule is COc1ccc(C)cc1CC(=O)OCC(=O)N[C@@H](C)c1ccc(Cl)cc1Cl. The smallest absolute Gasteiger partial charge is 0.310 e. The van der Waals surface area contributed by atoms with Gasteiger partial charge in [-0.25, -0.2) is 0 Å². The van der Waals surface area contributed by atoms with Crippen LogP contribution >= 0.6 is 23.2 Å². The molecule has 1 atom stereocenters. The third-order valence-corrected chi connectivity index (χ3v) is 4.50. The predicted molar refractivity (Wildman–Crippen MR) is 105 cm³/mol. The summed E-state index contributed by atoms with van der Waals surface area (Å²) in [7, 11) is 1.54. The summed E-state index contributed by atoms with van der Waals surface area (Å²) in [6.07, 6.45) is 0.0245. The molecule has 0 aliphatic heterocycles. The van der Waals surface area contributed by atoms with Gasteiger partial charge in [0.25, 0.3) is 5.91 Å². The minimum atomic E-state index is -0.508. The number of esters is 1. The van der Waals surface area contributed by atoms with Gasteiger partial charge in [-0.1, -0.05) is 47.0 Å². The van der Waals surface area contributed by atoms with Gasteiger partial charge in [-0.3, -0.25) is 9.59 Å². The maximum atomic E-state index is 12.1. The number of hydrogen-bond donors (Lipinski definition) is 1. The molecule has 0 heterocycles. The zero-order valence-corrected chi connectivity index (χ0v) is 16.9. The van der Waals surface area contributed by atoms with Crippen LogP contribution in [0.25, 0.3) is 0 Å². The highest BCUT2D eigenvalue weighted by molar-refractivity contribution is 6.35. The van der Waals surface area contributed by atoms with Crippen molar-refractivity contribution in [3.8, 4) is 5.75 Å². The van der Waals surface area contributed by atoms with Gasteiger partial charge in [-0.2, -0.15) is 0 Å². The molecule has 0 unspecified atom stereocenters. The molecule has 5 nitrogen and oxygen atoms in total. The van der Waals surface area contributed by atoms with Crippen LogP contribution in [0.4, 0.5) is 0 Å². The molecule has 0 saturated heterocycles. The van der Waals surface area contributed by atoms with Crippen molar-refractivity contribution < 1.29 is 19.1 Å². The molecule has 0 saturated carbocycles. The number of rotatable bonds is 7. The Balaban J connectivity index is 1.88. The Labute approximate surface area is 168 Å². The van der Waals surface area contributed by atoms with Gasteiger partial charge in [0.05, 0.1) is 19.6 Å². The lowest BCUT2D eigenvalue weighted by atomic mass is 10.1. The molecule has 2 aromatic rings. The number of benzene rings is 2. The van der Waals surface area contributed by atoms with Gasteiger partial charge in [-0.15, -0.1) is 0 Å². The lowest BCUT2D eigenvalue weighted by Crippen LogP contribution is -2.31. The molecule has 27 heavy (non-hydrogen) atoms. The van der Waals surface area contributed by atoms with E-state index in [1.807, 2.05) is 19.1 Å². The topological polar surface area (TPSA) is 64.6 Å². The van der Waals surface area contributed by atoms with Crippen molar-refractivity contribution in [1.29, 1.82) is 0 Å². The van der Waals surface area contributed by atoms with Crippen LogP contribution in [-0.4, -0.2) is 25.6 Å². The Hall–Kier alpha value is -2.24. The Morgan fingerprint density at radius 1 is 1.15 bits per heavy atom. The van der Waals surface area contributed by atoms with Gasteiger partial charge in [0.2, 0.25) is 0 Å². The van der Waals surface area contributed by atoms with Crippen LogP contribution in [0.5, 0.6) is 5.75 Å². The highest BCUT2D eigenvalue weighted by Crippen LogP contribution is 2.26. The monoisotopic (exact) mass is 409 g/mol. The second-order valence-corrected chi connectivity index (χ2v) is 6.95. The zero-order valence-electron chi connectivity index (χ0n) is 15.3. The van der Waals surface area contributed by atoms with Crippen molar-refractivity contribution in [2.45, 2.75) is 26.3 Å². The Morgan fingerprint density at radius 2 is 1.89 bits per heavy atom. The van der Waals surface area contributed by atoms with E-state index in [1.54, 1.807) is 31.2 Å². The summed E-state index contributed by atoms with van der Waals surface area (Å²) in [4.78, 5) is 24.1. The molecular formula is C20H21Cl2NO4. The van der Waals surface area contributed by atoms with Gasteiger partial charge in [0.15, 0.2) is 6.61 Å². The number of carbonyl (C=O) groups excluding carboxylic acids is 2. The normalized spacial score (nSPS) is 11.6. The first-order valence-corrected chi connectivity index (χ1v) is 9.09. The highest BCUT2D eigenvalue weighted by atomic mass is 35.5. The van der Waals surface area contributed by atoms with E-state index < -0.39 is 11.9 Å². The Morgan fingerprint density at radius 3 is 2.56 bits per heavy atom. The summed E-state index contributed by atoms with van der Waals surface area (Å²) in [5.41, 5.74) is 2.44. The van der Waals surface area contributed by atoms with Crippen molar-refractivity contribution >= 4 is 35.1 Å². The highest BCUT2D eigenvalue weighted by Gasteiger charge is 2.16. The molecule has 0 radical (unpaired) electrons. The zero-order chi connectivity index (χ0) is 20.0. The largest absolute Gasteiger partial charge is 0.496 e. The number of amides is 1. The summed E-state index contributed by atoms with van der Waals surface area (Å²) in [6, 6.07) is 10.2. The number of carbonyl (C=O) groups is 2. The lowest BCUT2D eigenvalue weighted by molar-refractivity contribution is -0.148. The van der Waals surface area contributed by atoms with Crippen molar-refractivity contribution in [1.82, 2.24) is 5.32 Å². The average Bonchev–Trinajstić information content (AvgIpc) is 2.60. The minimum Gasteiger partial charge on any atom is -0.496 e. The van der Waals surface area contributed by atoms with E-state index in [-0.39, 0.29) is 19.1 Å². The molecule has 2 aromatic carbocycles. The number of nitrogens with one attached hydrogen (secondary N) is 1. The van der Waals surface area contributed by atoms with Crippen molar-refractivity contribution in [3.63, 3.8) is 0 Å². The average molecular weight is 410 g/mol. The van der Waals surface area contributed by atoms with Crippen LogP contribution in [-0.2, 0) is 20.7 Å². The first-order chi connectivity index (χ1) is 12.8. The molecule has 0 bridgehead atoms. The van der Waals surface area contributed by atoms with Crippen LogP contribution in [0.1, 0.15) is 29.7 Å². The van der Waals surface area contributed by atoms with Gasteiger partial charge in [-0.05, 0) is 37.6 Å². The van der Waals surface area contributed by atoms with Crippen LogP contribution in [0.2, 0.25) is 10.0 Å². The van der Waals surface area contributed by atoms with E-state index in [2.05, 4.69) is 5.32 Å². The quantitative estimate of drug-likeness (QED) is 0.693. The van der Waals surface area contributed by atoms with Gasteiger partial charge in [0.1, 0.15) is 5.75 Å². The van der Waals surface area contributed by atoms with Gasteiger partial charge < -0.3 is 14.8 Å². The molecule has 0 aliphatic rings. The number of aryl methyl sites for hydroxylation is 1. The molecular weight excluding hydrogens is 389 g/mol. The first-order valence-electron chi connectivity index (χ1n) is 8.33. The summed E-state index contributed by atoms with van der Waals surface area (Å²) >= 11 is 12.0. The van der Waals surface area contributed by atoms with Crippen LogP contribution in [0, 0.1) is 6.92 Å². The molecule has 0 aliphatic carbocycles. The summed E-state index contributed by atoms with van der Waals surface area (Å²) in [5.74, 6) is -0.322. The summed E-state index contributed by atoms with van der Waals surface area (Å²) in [6.45, 7) is 3.33. The molecule has 0 spiro atoms. The maximum Gasteiger partial charge on any atom is 0.310 e. The fourth-order valence-corrected chi connectivity index (χ4v) is 3.18. The van der Waals surface area contributed by atoms with E-state index >= 15 is 0 Å². The Bertz CT molecular complexity index is 839. The number of hydrogen-bond acceptors (Lipinski definition) is 4. The van der Waals surface area contributed by atoms with E-state index in [1.165, 1.54) is 7.11 Å². The van der Waals surface area contributed by atoms with Crippen LogP contribution < -0.4 is 10.1 Å².